The fourth-order valence-electron chi connectivity index (χ4n) is 3.31. The van der Waals surface area contributed by atoms with E-state index < -0.39 is 0 Å². The van der Waals surface area contributed by atoms with Crippen LogP contribution >= 0.6 is 0 Å². The molecule has 1 aliphatic heterocycles. The summed E-state index contributed by atoms with van der Waals surface area (Å²) >= 11 is 0. The number of ether oxygens (including phenoxy) is 1. The van der Waals surface area contributed by atoms with E-state index in [0.29, 0.717) is 24.2 Å². The van der Waals surface area contributed by atoms with Crippen LogP contribution in [0.1, 0.15) is 24.8 Å². The molecule has 118 valence electrons. The third kappa shape index (κ3) is 2.71. The Morgan fingerprint density at radius 3 is 2.91 bits per heavy atom. The fourth-order valence-corrected chi connectivity index (χ4v) is 3.31. The first kappa shape index (κ1) is 14.0. The normalized spacial score (nSPS) is 22.0. The van der Waals surface area contributed by atoms with Gasteiger partial charge in [-0.2, -0.15) is 0 Å². The highest BCUT2D eigenvalue weighted by Gasteiger charge is 2.32. The van der Waals surface area contributed by atoms with E-state index in [9.17, 15) is 4.79 Å². The van der Waals surface area contributed by atoms with Gasteiger partial charge in [-0.3, -0.25) is 9.47 Å². The lowest BCUT2D eigenvalue weighted by atomic mass is 10.1. The fraction of sp³-hybridized carbons (Fsp3) is 0.588. The lowest BCUT2D eigenvalue weighted by Crippen LogP contribution is -2.36. The molecular formula is C17H22N2O3. The highest BCUT2D eigenvalue weighted by Crippen LogP contribution is 2.30. The molecule has 22 heavy (non-hydrogen) atoms. The topological polar surface area (TPSA) is 47.6 Å². The predicted molar refractivity (Wildman–Crippen MR) is 83.9 cm³/mol. The Hall–Kier alpha value is -1.59. The van der Waals surface area contributed by atoms with Crippen molar-refractivity contribution in [3.63, 3.8) is 0 Å². The van der Waals surface area contributed by atoms with E-state index in [0.717, 1.165) is 37.3 Å². The SMILES string of the molecule is Cc1ccc2oc(=O)n(CN(C[C@H]3CCOC3)C3CC3)c2c1. The molecule has 0 bridgehead atoms. The second-order valence-electron chi connectivity index (χ2n) is 6.64. The molecule has 2 aromatic rings. The molecule has 4 rings (SSSR count). The lowest BCUT2D eigenvalue weighted by Gasteiger charge is -2.24. The van der Waals surface area contributed by atoms with E-state index >= 15 is 0 Å². The summed E-state index contributed by atoms with van der Waals surface area (Å²) in [4.78, 5) is 14.6. The summed E-state index contributed by atoms with van der Waals surface area (Å²) in [5.74, 6) is 0.338. The molecule has 0 amide bonds. The van der Waals surface area contributed by atoms with Crippen LogP contribution in [-0.2, 0) is 11.4 Å². The summed E-state index contributed by atoms with van der Waals surface area (Å²) in [6.07, 6.45) is 3.59. The molecule has 5 heteroatoms. The summed E-state index contributed by atoms with van der Waals surface area (Å²) in [5, 5.41) is 0. The average Bonchev–Trinajstić information content (AvgIpc) is 3.14. The van der Waals surface area contributed by atoms with Crippen LogP contribution in [0.25, 0.3) is 11.1 Å². The first-order chi connectivity index (χ1) is 10.7. The molecule has 2 aliphatic rings. The molecular weight excluding hydrogens is 280 g/mol. The zero-order valence-electron chi connectivity index (χ0n) is 13.0. The highest BCUT2D eigenvalue weighted by molar-refractivity contribution is 5.73. The summed E-state index contributed by atoms with van der Waals surface area (Å²) in [6, 6.07) is 6.51. The van der Waals surface area contributed by atoms with Gasteiger partial charge in [0.2, 0.25) is 0 Å². The Morgan fingerprint density at radius 2 is 2.18 bits per heavy atom. The number of aryl methyl sites for hydroxylation is 1. The van der Waals surface area contributed by atoms with Gasteiger partial charge in [0.05, 0.1) is 18.8 Å². The monoisotopic (exact) mass is 302 g/mol. The second kappa shape index (κ2) is 5.56. The third-order valence-electron chi connectivity index (χ3n) is 4.73. The number of fused-ring (bicyclic) bond motifs is 1. The largest absolute Gasteiger partial charge is 0.421 e. The molecule has 1 saturated carbocycles. The number of nitrogens with zero attached hydrogens (tertiary/aromatic N) is 2. The average molecular weight is 302 g/mol. The standard InChI is InChI=1S/C17H22N2O3/c1-12-2-5-16-15(8-12)19(17(20)22-16)11-18(14-3-4-14)9-13-6-7-21-10-13/h2,5,8,13-14H,3-4,6-7,9-11H2,1H3/t13-/m1/s1. The molecule has 1 aromatic heterocycles. The van der Waals surface area contributed by atoms with Crippen LogP contribution in [0.15, 0.2) is 27.4 Å². The van der Waals surface area contributed by atoms with E-state index in [-0.39, 0.29) is 5.76 Å². The van der Waals surface area contributed by atoms with Crippen molar-refractivity contribution in [2.45, 2.75) is 38.9 Å². The molecule has 5 nitrogen and oxygen atoms in total. The molecule has 0 radical (unpaired) electrons. The number of oxazole rings is 1. The molecule has 0 unspecified atom stereocenters. The Morgan fingerprint density at radius 1 is 1.32 bits per heavy atom. The highest BCUT2D eigenvalue weighted by atomic mass is 16.5. The maximum atomic E-state index is 12.2. The van der Waals surface area contributed by atoms with Gasteiger partial charge in [0.15, 0.2) is 5.58 Å². The van der Waals surface area contributed by atoms with Crippen LogP contribution in [0.3, 0.4) is 0 Å². The molecule has 2 fully saturated rings. The van der Waals surface area contributed by atoms with Gasteiger partial charge in [0.25, 0.3) is 0 Å². The van der Waals surface area contributed by atoms with Gasteiger partial charge in [-0.25, -0.2) is 4.79 Å². The summed E-state index contributed by atoms with van der Waals surface area (Å²) in [5.41, 5.74) is 2.72. The number of aromatic nitrogens is 1. The van der Waals surface area contributed by atoms with Gasteiger partial charge in [0.1, 0.15) is 0 Å². The zero-order valence-corrected chi connectivity index (χ0v) is 13.0. The Bertz CT molecular complexity index is 723. The van der Waals surface area contributed by atoms with E-state index in [1.54, 1.807) is 4.57 Å². The number of benzene rings is 1. The zero-order chi connectivity index (χ0) is 15.1. The van der Waals surface area contributed by atoms with Crippen molar-refractivity contribution in [1.82, 2.24) is 9.47 Å². The van der Waals surface area contributed by atoms with Gasteiger partial charge < -0.3 is 9.15 Å². The molecule has 1 aromatic carbocycles. The van der Waals surface area contributed by atoms with Crippen molar-refractivity contribution in [3.05, 3.63) is 34.3 Å². The smallest absolute Gasteiger partial charge is 0.408 e. The Balaban J connectivity index is 1.61. The van der Waals surface area contributed by atoms with Crippen molar-refractivity contribution in [2.24, 2.45) is 5.92 Å². The number of hydrogen-bond acceptors (Lipinski definition) is 4. The van der Waals surface area contributed by atoms with Crippen LogP contribution in [-0.4, -0.2) is 35.3 Å². The molecule has 0 spiro atoms. The van der Waals surface area contributed by atoms with Crippen molar-refractivity contribution in [1.29, 1.82) is 0 Å². The summed E-state index contributed by atoms with van der Waals surface area (Å²) in [6.45, 7) is 5.39. The Kier molecular flexibility index (Phi) is 3.54. The van der Waals surface area contributed by atoms with Gasteiger partial charge in [-0.15, -0.1) is 0 Å². The third-order valence-corrected chi connectivity index (χ3v) is 4.73. The van der Waals surface area contributed by atoms with Gasteiger partial charge in [0, 0.05) is 19.2 Å². The molecule has 1 atom stereocenters. The first-order valence-electron chi connectivity index (χ1n) is 8.12. The predicted octanol–water partition coefficient (Wildman–Crippen LogP) is 2.36. The van der Waals surface area contributed by atoms with Crippen molar-refractivity contribution in [3.8, 4) is 0 Å². The van der Waals surface area contributed by atoms with Gasteiger partial charge in [-0.05, 0) is 49.8 Å². The maximum absolute atomic E-state index is 12.2. The summed E-state index contributed by atoms with van der Waals surface area (Å²) in [7, 11) is 0. The van der Waals surface area contributed by atoms with Crippen molar-refractivity contribution < 1.29 is 9.15 Å². The quantitative estimate of drug-likeness (QED) is 0.850. The minimum absolute atomic E-state index is 0.256. The lowest BCUT2D eigenvalue weighted by molar-refractivity contribution is 0.145. The minimum atomic E-state index is -0.256. The minimum Gasteiger partial charge on any atom is -0.408 e. The van der Waals surface area contributed by atoms with Crippen LogP contribution in [0, 0.1) is 12.8 Å². The second-order valence-corrected chi connectivity index (χ2v) is 6.64. The molecule has 0 N–H and O–H groups in total. The van der Waals surface area contributed by atoms with Gasteiger partial charge in [-0.1, -0.05) is 6.07 Å². The Labute approximate surface area is 129 Å². The van der Waals surface area contributed by atoms with E-state index in [1.807, 2.05) is 25.1 Å². The first-order valence-corrected chi connectivity index (χ1v) is 8.12. The molecule has 2 heterocycles. The van der Waals surface area contributed by atoms with Gasteiger partial charge >= 0.3 is 5.76 Å². The van der Waals surface area contributed by atoms with E-state index in [1.165, 1.54) is 12.8 Å². The summed E-state index contributed by atoms with van der Waals surface area (Å²) < 4.78 is 12.6. The van der Waals surface area contributed by atoms with E-state index in [4.69, 9.17) is 9.15 Å². The number of rotatable bonds is 5. The van der Waals surface area contributed by atoms with Crippen molar-refractivity contribution in [2.75, 3.05) is 19.8 Å². The maximum Gasteiger partial charge on any atom is 0.421 e. The van der Waals surface area contributed by atoms with Crippen LogP contribution in [0.5, 0.6) is 0 Å². The van der Waals surface area contributed by atoms with Crippen molar-refractivity contribution >= 4 is 11.1 Å². The molecule has 1 saturated heterocycles. The van der Waals surface area contributed by atoms with Crippen LogP contribution < -0.4 is 5.76 Å². The van der Waals surface area contributed by atoms with Crippen LogP contribution in [0.4, 0.5) is 0 Å². The van der Waals surface area contributed by atoms with Crippen LogP contribution in [0.2, 0.25) is 0 Å². The van der Waals surface area contributed by atoms with E-state index in [2.05, 4.69) is 4.90 Å². The molecule has 1 aliphatic carbocycles. The number of hydrogen-bond donors (Lipinski definition) is 0.